The monoisotopic (exact) mass is 331 g/mol. The van der Waals surface area contributed by atoms with Crippen LogP contribution in [-0.4, -0.2) is 66.2 Å². The molecule has 1 aromatic heterocycles. The number of hydrogen-bond donors (Lipinski definition) is 1. The molecule has 0 bridgehead atoms. The van der Waals surface area contributed by atoms with E-state index in [2.05, 4.69) is 39.3 Å². The van der Waals surface area contributed by atoms with Crippen molar-refractivity contribution in [1.29, 1.82) is 0 Å². The summed E-state index contributed by atoms with van der Waals surface area (Å²) in [6.07, 6.45) is 6.64. The molecule has 0 aromatic carbocycles. The highest BCUT2D eigenvalue weighted by Gasteiger charge is 2.29. The third-order valence-electron chi connectivity index (χ3n) is 4.97. The third-order valence-corrected chi connectivity index (χ3v) is 4.97. The summed E-state index contributed by atoms with van der Waals surface area (Å²) in [5.74, 6) is 1.95. The summed E-state index contributed by atoms with van der Waals surface area (Å²) >= 11 is 0. The minimum Gasteiger partial charge on any atom is -0.361 e. The van der Waals surface area contributed by atoms with Crippen molar-refractivity contribution >= 4 is 5.96 Å². The zero-order valence-electron chi connectivity index (χ0n) is 15.1. The fraction of sp³-hybridized carbons (Fsp3) is 0.667. The summed E-state index contributed by atoms with van der Waals surface area (Å²) < 4.78 is 5.24. The second-order valence-corrected chi connectivity index (χ2v) is 6.60. The van der Waals surface area contributed by atoms with Crippen molar-refractivity contribution in [3.8, 4) is 0 Å². The third kappa shape index (κ3) is 3.80. The Morgan fingerprint density at radius 2 is 2.17 bits per heavy atom. The maximum Gasteiger partial charge on any atom is 0.193 e. The Balaban J connectivity index is 1.57. The maximum atomic E-state index is 5.24. The molecule has 0 radical (unpaired) electrons. The Kier molecular flexibility index (Phi) is 5.56. The van der Waals surface area contributed by atoms with Crippen LogP contribution in [0.1, 0.15) is 30.4 Å². The Morgan fingerprint density at radius 1 is 1.38 bits per heavy atom. The Hall–Kier alpha value is -1.82. The van der Waals surface area contributed by atoms with Crippen molar-refractivity contribution in [2.45, 2.75) is 39.7 Å². The molecule has 1 N–H and O–H groups in total. The van der Waals surface area contributed by atoms with Crippen molar-refractivity contribution < 1.29 is 4.52 Å². The van der Waals surface area contributed by atoms with Crippen LogP contribution in [0.25, 0.3) is 0 Å². The standard InChI is InChI=1S/C18H29N5O/c1-4-19-18(20-9-7-17-14(2)21-24-15(17)3)23-12-8-16(13-23)22-10-5-6-11-22/h5-6,16H,4,7-13H2,1-3H3,(H,19,20). The SMILES string of the molecule is CCNC(=NCCc1c(C)noc1C)N1CCC(N2CC=CC2)C1. The van der Waals surface area contributed by atoms with Gasteiger partial charge in [-0.2, -0.15) is 0 Å². The summed E-state index contributed by atoms with van der Waals surface area (Å²) in [5, 5.41) is 7.47. The topological polar surface area (TPSA) is 56.9 Å². The number of aromatic nitrogens is 1. The number of nitrogens with zero attached hydrogens (tertiary/aromatic N) is 4. The van der Waals surface area contributed by atoms with Gasteiger partial charge in [0.1, 0.15) is 5.76 Å². The molecule has 0 amide bonds. The molecule has 1 aromatic rings. The highest BCUT2D eigenvalue weighted by atomic mass is 16.5. The van der Waals surface area contributed by atoms with Crippen LogP contribution in [0.4, 0.5) is 0 Å². The largest absolute Gasteiger partial charge is 0.361 e. The van der Waals surface area contributed by atoms with Gasteiger partial charge in [0.05, 0.1) is 5.69 Å². The van der Waals surface area contributed by atoms with Gasteiger partial charge in [-0.3, -0.25) is 9.89 Å². The van der Waals surface area contributed by atoms with Crippen molar-refractivity contribution in [1.82, 2.24) is 20.3 Å². The molecule has 2 aliphatic rings. The number of aryl methyl sites for hydroxylation is 2. The number of rotatable bonds is 5. The highest BCUT2D eigenvalue weighted by molar-refractivity contribution is 5.80. The van der Waals surface area contributed by atoms with E-state index in [1.54, 1.807) is 0 Å². The van der Waals surface area contributed by atoms with Gasteiger partial charge >= 0.3 is 0 Å². The minimum atomic E-state index is 0.645. The van der Waals surface area contributed by atoms with Gasteiger partial charge in [-0.15, -0.1) is 0 Å². The number of nitrogens with one attached hydrogen (secondary N) is 1. The Bertz CT molecular complexity index is 579. The summed E-state index contributed by atoms with van der Waals surface area (Å²) in [6.45, 7) is 12.1. The predicted octanol–water partition coefficient (Wildman–Crippen LogP) is 1.75. The predicted molar refractivity (Wildman–Crippen MR) is 96.4 cm³/mol. The smallest absolute Gasteiger partial charge is 0.193 e. The second kappa shape index (κ2) is 7.83. The Labute approximate surface area is 144 Å². The molecule has 2 aliphatic heterocycles. The van der Waals surface area contributed by atoms with Gasteiger partial charge in [0.25, 0.3) is 0 Å². The van der Waals surface area contributed by atoms with Crippen LogP contribution in [0, 0.1) is 13.8 Å². The zero-order chi connectivity index (χ0) is 16.9. The molecular formula is C18H29N5O. The first-order valence-electron chi connectivity index (χ1n) is 9.03. The fourth-order valence-corrected chi connectivity index (χ4v) is 3.58. The lowest BCUT2D eigenvalue weighted by Crippen LogP contribution is -2.43. The minimum absolute atomic E-state index is 0.645. The van der Waals surface area contributed by atoms with Crippen LogP contribution in [-0.2, 0) is 6.42 Å². The lowest BCUT2D eigenvalue weighted by atomic mass is 10.1. The molecule has 0 saturated carbocycles. The average Bonchev–Trinajstić information content (AvgIpc) is 3.30. The lowest BCUT2D eigenvalue weighted by Gasteiger charge is -2.25. The van der Waals surface area contributed by atoms with Crippen LogP contribution in [0.15, 0.2) is 21.7 Å². The van der Waals surface area contributed by atoms with Gasteiger partial charge < -0.3 is 14.7 Å². The number of guanidine groups is 1. The van der Waals surface area contributed by atoms with Crippen molar-refractivity contribution in [3.05, 3.63) is 29.2 Å². The molecule has 6 heteroatoms. The number of aliphatic imine (C=N–C) groups is 1. The van der Waals surface area contributed by atoms with Gasteiger partial charge in [-0.25, -0.2) is 0 Å². The molecule has 1 atom stereocenters. The molecule has 1 fully saturated rings. The van der Waals surface area contributed by atoms with E-state index >= 15 is 0 Å². The molecule has 3 heterocycles. The first-order valence-corrected chi connectivity index (χ1v) is 9.03. The summed E-state index contributed by atoms with van der Waals surface area (Å²) in [4.78, 5) is 9.79. The zero-order valence-corrected chi connectivity index (χ0v) is 15.1. The van der Waals surface area contributed by atoms with Gasteiger partial charge in [0.2, 0.25) is 0 Å². The fourth-order valence-electron chi connectivity index (χ4n) is 3.58. The number of likely N-dealkylation sites (tertiary alicyclic amines) is 1. The van der Waals surface area contributed by atoms with E-state index in [1.165, 1.54) is 12.0 Å². The quantitative estimate of drug-likeness (QED) is 0.506. The van der Waals surface area contributed by atoms with E-state index in [0.29, 0.717) is 6.04 Å². The highest BCUT2D eigenvalue weighted by Crippen LogP contribution is 2.18. The van der Waals surface area contributed by atoms with Crippen molar-refractivity contribution in [2.75, 3.05) is 39.3 Å². The van der Waals surface area contributed by atoms with Gasteiger partial charge in [0.15, 0.2) is 5.96 Å². The molecule has 1 unspecified atom stereocenters. The van der Waals surface area contributed by atoms with Crippen molar-refractivity contribution in [3.63, 3.8) is 0 Å². The average molecular weight is 331 g/mol. The van der Waals surface area contributed by atoms with Crippen LogP contribution in [0.2, 0.25) is 0 Å². The normalized spacial score (nSPS) is 21.9. The van der Waals surface area contributed by atoms with E-state index in [0.717, 1.165) is 63.1 Å². The molecule has 0 aliphatic carbocycles. The van der Waals surface area contributed by atoms with Crippen LogP contribution in [0.5, 0.6) is 0 Å². The van der Waals surface area contributed by atoms with Gasteiger partial charge in [0, 0.05) is 50.9 Å². The van der Waals surface area contributed by atoms with Crippen molar-refractivity contribution in [2.24, 2.45) is 4.99 Å². The van der Waals surface area contributed by atoms with E-state index in [9.17, 15) is 0 Å². The molecule has 132 valence electrons. The van der Waals surface area contributed by atoms with Gasteiger partial charge in [-0.1, -0.05) is 17.3 Å². The first-order chi connectivity index (χ1) is 11.7. The van der Waals surface area contributed by atoms with Crippen LogP contribution >= 0.6 is 0 Å². The molecule has 3 rings (SSSR count). The summed E-state index contributed by atoms with van der Waals surface area (Å²) in [5.41, 5.74) is 2.17. The van der Waals surface area contributed by atoms with E-state index in [1.807, 2.05) is 13.8 Å². The first kappa shape index (κ1) is 17.0. The molecule has 24 heavy (non-hydrogen) atoms. The molecule has 0 spiro atoms. The Morgan fingerprint density at radius 3 is 2.83 bits per heavy atom. The lowest BCUT2D eigenvalue weighted by molar-refractivity contribution is 0.259. The summed E-state index contributed by atoms with van der Waals surface area (Å²) in [7, 11) is 0. The van der Waals surface area contributed by atoms with Crippen LogP contribution < -0.4 is 5.32 Å². The second-order valence-electron chi connectivity index (χ2n) is 6.60. The van der Waals surface area contributed by atoms with E-state index < -0.39 is 0 Å². The molecule has 6 nitrogen and oxygen atoms in total. The van der Waals surface area contributed by atoms with Gasteiger partial charge in [-0.05, 0) is 33.6 Å². The van der Waals surface area contributed by atoms with Crippen LogP contribution in [0.3, 0.4) is 0 Å². The van der Waals surface area contributed by atoms with E-state index in [4.69, 9.17) is 9.52 Å². The summed E-state index contributed by atoms with van der Waals surface area (Å²) in [6, 6.07) is 0.645. The molecular weight excluding hydrogens is 302 g/mol. The number of hydrogen-bond acceptors (Lipinski definition) is 4. The maximum absolute atomic E-state index is 5.24. The molecule has 1 saturated heterocycles. The van der Waals surface area contributed by atoms with E-state index in [-0.39, 0.29) is 0 Å².